The van der Waals surface area contributed by atoms with Crippen LogP contribution in [-0.2, 0) is 11.2 Å². The standard InChI is InChI=1S/C12H18N2O2/c1-12(2,13)11(15)14-9-4-3-5-10-8(9)6-7-16-10/h6-7,9H,3-5,13H2,1-2H3,(H,14,15). The molecule has 1 heterocycles. The van der Waals surface area contributed by atoms with Gasteiger partial charge in [0.05, 0.1) is 17.8 Å². The van der Waals surface area contributed by atoms with Crippen molar-refractivity contribution in [2.75, 3.05) is 0 Å². The van der Waals surface area contributed by atoms with E-state index in [9.17, 15) is 4.79 Å². The number of carbonyl (C=O) groups is 1. The van der Waals surface area contributed by atoms with Crippen LogP contribution in [0, 0.1) is 0 Å². The Balaban J connectivity index is 2.11. The molecule has 0 spiro atoms. The molecule has 1 atom stereocenters. The monoisotopic (exact) mass is 222 g/mol. The van der Waals surface area contributed by atoms with Gasteiger partial charge in [0.2, 0.25) is 5.91 Å². The lowest BCUT2D eigenvalue weighted by molar-refractivity contribution is -0.126. The van der Waals surface area contributed by atoms with Crippen molar-refractivity contribution in [1.29, 1.82) is 0 Å². The van der Waals surface area contributed by atoms with E-state index in [0.717, 1.165) is 30.6 Å². The molecule has 1 aromatic heterocycles. The Bertz CT molecular complexity index is 390. The zero-order chi connectivity index (χ0) is 11.8. The van der Waals surface area contributed by atoms with Gasteiger partial charge < -0.3 is 15.5 Å². The van der Waals surface area contributed by atoms with Crippen LogP contribution in [0.5, 0.6) is 0 Å². The van der Waals surface area contributed by atoms with Gasteiger partial charge in [-0.2, -0.15) is 0 Å². The molecule has 2 rings (SSSR count). The maximum atomic E-state index is 11.8. The summed E-state index contributed by atoms with van der Waals surface area (Å²) in [6.07, 6.45) is 4.63. The van der Waals surface area contributed by atoms with E-state index in [1.807, 2.05) is 6.07 Å². The van der Waals surface area contributed by atoms with Crippen molar-refractivity contribution in [3.63, 3.8) is 0 Å². The van der Waals surface area contributed by atoms with Gasteiger partial charge in [0.25, 0.3) is 0 Å². The van der Waals surface area contributed by atoms with E-state index in [-0.39, 0.29) is 11.9 Å². The minimum Gasteiger partial charge on any atom is -0.469 e. The topological polar surface area (TPSA) is 68.3 Å². The zero-order valence-corrected chi connectivity index (χ0v) is 9.75. The van der Waals surface area contributed by atoms with Gasteiger partial charge in [-0.05, 0) is 32.8 Å². The Morgan fingerprint density at radius 1 is 1.62 bits per heavy atom. The third-order valence-electron chi connectivity index (χ3n) is 2.94. The van der Waals surface area contributed by atoms with Gasteiger partial charge in [0.1, 0.15) is 5.76 Å². The van der Waals surface area contributed by atoms with Crippen molar-refractivity contribution in [3.8, 4) is 0 Å². The molecule has 1 aliphatic rings. The molecular formula is C12H18N2O2. The van der Waals surface area contributed by atoms with Gasteiger partial charge in [0.15, 0.2) is 0 Å². The molecule has 4 heteroatoms. The second-order valence-electron chi connectivity index (χ2n) is 4.94. The maximum absolute atomic E-state index is 11.8. The van der Waals surface area contributed by atoms with Crippen molar-refractivity contribution in [2.24, 2.45) is 5.73 Å². The molecule has 1 amide bonds. The fourth-order valence-electron chi connectivity index (χ4n) is 1.98. The largest absolute Gasteiger partial charge is 0.469 e. The van der Waals surface area contributed by atoms with Crippen LogP contribution in [0.25, 0.3) is 0 Å². The molecule has 0 saturated heterocycles. The number of aryl methyl sites for hydroxylation is 1. The lowest BCUT2D eigenvalue weighted by atomic mass is 9.92. The predicted octanol–water partition coefficient (Wildman–Crippen LogP) is 1.51. The summed E-state index contributed by atoms with van der Waals surface area (Å²) in [6, 6.07) is 1.99. The minimum absolute atomic E-state index is 0.0535. The Morgan fingerprint density at radius 3 is 3.06 bits per heavy atom. The summed E-state index contributed by atoms with van der Waals surface area (Å²) in [5.41, 5.74) is 6.02. The predicted molar refractivity (Wildman–Crippen MR) is 60.8 cm³/mol. The number of nitrogens with one attached hydrogen (secondary N) is 1. The first kappa shape index (κ1) is 11.2. The van der Waals surface area contributed by atoms with Crippen LogP contribution in [0.3, 0.4) is 0 Å². The number of hydrogen-bond acceptors (Lipinski definition) is 3. The van der Waals surface area contributed by atoms with Crippen LogP contribution < -0.4 is 11.1 Å². The number of carbonyl (C=O) groups excluding carboxylic acids is 1. The van der Waals surface area contributed by atoms with E-state index in [1.54, 1.807) is 20.1 Å². The third-order valence-corrected chi connectivity index (χ3v) is 2.94. The molecule has 0 aromatic carbocycles. The first-order chi connectivity index (χ1) is 7.48. The van der Waals surface area contributed by atoms with Crippen LogP contribution in [0.2, 0.25) is 0 Å². The molecule has 1 unspecified atom stereocenters. The normalized spacial score (nSPS) is 20.3. The average Bonchev–Trinajstić information content (AvgIpc) is 2.65. The highest BCUT2D eigenvalue weighted by Gasteiger charge is 2.28. The fourth-order valence-corrected chi connectivity index (χ4v) is 1.98. The summed E-state index contributed by atoms with van der Waals surface area (Å²) >= 11 is 0. The minimum atomic E-state index is -0.832. The summed E-state index contributed by atoms with van der Waals surface area (Å²) in [7, 11) is 0. The quantitative estimate of drug-likeness (QED) is 0.797. The summed E-state index contributed by atoms with van der Waals surface area (Å²) < 4.78 is 5.37. The summed E-state index contributed by atoms with van der Waals surface area (Å²) in [6.45, 7) is 3.42. The van der Waals surface area contributed by atoms with Crippen molar-refractivity contribution < 1.29 is 9.21 Å². The highest BCUT2D eigenvalue weighted by molar-refractivity contribution is 5.85. The molecule has 88 valence electrons. The highest BCUT2D eigenvalue weighted by Crippen LogP contribution is 2.30. The molecule has 1 aliphatic carbocycles. The number of amides is 1. The highest BCUT2D eigenvalue weighted by atomic mass is 16.3. The van der Waals surface area contributed by atoms with Crippen molar-refractivity contribution >= 4 is 5.91 Å². The zero-order valence-electron chi connectivity index (χ0n) is 9.75. The number of nitrogens with two attached hydrogens (primary N) is 1. The Hall–Kier alpha value is -1.29. The Labute approximate surface area is 95.2 Å². The van der Waals surface area contributed by atoms with Crippen molar-refractivity contribution in [3.05, 3.63) is 23.7 Å². The lowest BCUT2D eigenvalue weighted by Crippen LogP contribution is -2.50. The number of hydrogen-bond donors (Lipinski definition) is 2. The van der Waals surface area contributed by atoms with Gasteiger partial charge in [-0.15, -0.1) is 0 Å². The van der Waals surface area contributed by atoms with Gasteiger partial charge >= 0.3 is 0 Å². The molecule has 0 radical (unpaired) electrons. The molecule has 0 fully saturated rings. The molecule has 3 N–H and O–H groups in total. The molecule has 0 aliphatic heterocycles. The SMILES string of the molecule is CC(C)(N)C(=O)NC1CCCc2occc21. The first-order valence-corrected chi connectivity index (χ1v) is 5.64. The van der Waals surface area contributed by atoms with E-state index < -0.39 is 5.54 Å². The number of fused-ring (bicyclic) bond motifs is 1. The summed E-state index contributed by atoms with van der Waals surface area (Å²) in [5, 5.41) is 2.98. The van der Waals surface area contributed by atoms with Crippen LogP contribution in [-0.4, -0.2) is 11.4 Å². The summed E-state index contributed by atoms with van der Waals surface area (Å²) in [4.78, 5) is 11.8. The second kappa shape index (κ2) is 3.94. The van der Waals surface area contributed by atoms with E-state index in [4.69, 9.17) is 10.2 Å². The summed E-state index contributed by atoms with van der Waals surface area (Å²) in [5.74, 6) is 0.873. The first-order valence-electron chi connectivity index (χ1n) is 5.64. The smallest absolute Gasteiger partial charge is 0.239 e. The second-order valence-corrected chi connectivity index (χ2v) is 4.94. The van der Waals surface area contributed by atoms with E-state index >= 15 is 0 Å². The third kappa shape index (κ3) is 2.11. The fraction of sp³-hybridized carbons (Fsp3) is 0.583. The van der Waals surface area contributed by atoms with Gasteiger partial charge in [-0.3, -0.25) is 4.79 Å². The molecule has 0 bridgehead atoms. The molecular weight excluding hydrogens is 204 g/mol. The maximum Gasteiger partial charge on any atom is 0.239 e. The molecule has 0 saturated carbocycles. The molecule has 16 heavy (non-hydrogen) atoms. The van der Waals surface area contributed by atoms with Crippen molar-refractivity contribution in [1.82, 2.24) is 5.32 Å². The van der Waals surface area contributed by atoms with Gasteiger partial charge in [-0.1, -0.05) is 0 Å². The van der Waals surface area contributed by atoms with E-state index in [0.29, 0.717) is 0 Å². The van der Waals surface area contributed by atoms with Crippen LogP contribution in [0.15, 0.2) is 16.7 Å². The average molecular weight is 222 g/mol. The molecule has 1 aromatic rings. The molecule has 4 nitrogen and oxygen atoms in total. The lowest BCUT2D eigenvalue weighted by Gasteiger charge is -2.26. The van der Waals surface area contributed by atoms with Crippen LogP contribution >= 0.6 is 0 Å². The van der Waals surface area contributed by atoms with Crippen LogP contribution in [0.4, 0.5) is 0 Å². The number of rotatable bonds is 2. The van der Waals surface area contributed by atoms with Gasteiger partial charge in [0, 0.05) is 12.0 Å². The Kier molecular flexibility index (Phi) is 2.76. The number of furan rings is 1. The van der Waals surface area contributed by atoms with Gasteiger partial charge in [-0.25, -0.2) is 0 Å². The van der Waals surface area contributed by atoms with E-state index in [1.165, 1.54) is 0 Å². The van der Waals surface area contributed by atoms with E-state index in [2.05, 4.69) is 5.32 Å². The Morgan fingerprint density at radius 2 is 2.38 bits per heavy atom. The van der Waals surface area contributed by atoms with Crippen LogP contribution in [0.1, 0.15) is 44.1 Å². The van der Waals surface area contributed by atoms with Crippen molar-refractivity contribution in [2.45, 2.75) is 44.7 Å².